The van der Waals surface area contributed by atoms with E-state index in [-0.39, 0.29) is 5.91 Å². The molecule has 0 aromatic heterocycles. The van der Waals surface area contributed by atoms with Crippen LogP contribution in [0.2, 0.25) is 0 Å². The van der Waals surface area contributed by atoms with E-state index in [0.29, 0.717) is 12.3 Å². The Labute approximate surface area is 113 Å². The number of para-hydroxylation sites is 1. The number of nitrogens with one attached hydrogen (secondary N) is 1. The highest BCUT2D eigenvalue weighted by Gasteiger charge is 2.32. The first-order chi connectivity index (χ1) is 9.29. The van der Waals surface area contributed by atoms with Gasteiger partial charge in [-0.1, -0.05) is 12.1 Å². The number of hydrogen-bond acceptors (Lipinski definition) is 3. The first-order valence-corrected chi connectivity index (χ1v) is 6.96. The Bertz CT molecular complexity index is 481. The summed E-state index contributed by atoms with van der Waals surface area (Å²) in [6.07, 6.45) is 2.81. The number of amides is 1. The molecule has 0 spiro atoms. The van der Waals surface area contributed by atoms with E-state index in [1.54, 1.807) is 7.11 Å². The van der Waals surface area contributed by atoms with Gasteiger partial charge < -0.3 is 15.0 Å². The lowest BCUT2D eigenvalue weighted by Gasteiger charge is -2.28. The number of ether oxygens (including phenoxy) is 1. The minimum Gasteiger partial charge on any atom is -0.495 e. The molecule has 0 atom stereocenters. The van der Waals surface area contributed by atoms with Crippen LogP contribution in [0, 0.1) is 5.92 Å². The molecule has 19 heavy (non-hydrogen) atoms. The van der Waals surface area contributed by atoms with Crippen LogP contribution < -0.4 is 15.0 Å². The van der Waals surface area contributed by atoms with Gasteiger partial charge in [-0.2, -0.15) is 0 Å². The van der Waals surface area contributed by atoms with Gasteiger partial charge in [-0.25, -0.2) is 0 Å². The van der Waals surface area contributed by atoms with E-state index < -0.39 is 0 Å². The molecule has 0 radical (unpaired) electrons. The lowest BCUT2D eigenvalue weighted by molar-refractivity contribution is -0.117. The van der Waals surface area contributed by atoms with E-state index in [2.05, 4.69) is 5.32 Å². The highest BCUT2D eigenvalue weighted by Crippen LogP contribution is 2.38. The molecule has 2 heterocycles. The number of piperidine rings is 1. The van der Waals surface area contributed by atoms with Crippen LogP contribution in [0.15, 0.2) is 18.2 Å². The monoisotopic (exact) mass is 260 g/mol. The van der Waals surface area contributed by atoms with Gasteiger partial charge in [0.15, 0.2) is 0 Å². The van der Waals surface area contributed by atoms with Crippen LogP contribution in [0.3, 0.4) is 0 Å². The van der Waals surface area contributed by atoms with Crippen molar-refractivity contribution in [3.05, 3.63) is 23.8 Å². The lowest BCUT2D eigenvalue weighted by Crippen LogP contribution is -2.37. The molecular weight excluding hydrogens is 240 g/mol. The zero-order valence-corrected chi connectivity index (χ0v) is 11.3. The highest BCUT2D eigenvalue weighted by atomic mass is 16.5. The quantitative estimate of drug-likeness (QED) is 0.897. The van der Waals surface area contributed by atoms with Crippen LogP contribution in [-0.2, 0) is 11.2 Å². The Morgan fingerprint density at radius 1 is 1.37 bits per heavy atom. The van der Waals surface area contributed by atoms with E-state index in [1.807, 2.05) is 23.1 Å². The van der Waals surface area contributed by atoms with Crippen molar-refractivity contribution >= 4 is 11.6 Å². The van der Waals surface area contributed by atoms with Crippen LogP contribution in [0.25, 0.3) is 0 Å². The molecule has 1 fully saturated rings. The summed E-state index contributed by atoms with van der Waals surface area (Å²) < 4.78 is 5.42. The van der Waals surface area contributed by atoms with Crippen molar-refractivity contribution < 1.29 is 9.53 Å². The fraction of sp³-hybridized carbons (Fsp3) is 0.533. The summed E-state index contributed by atoms with van der Waals surface area (Å²) in [5.74, 6) is 1.62. The van der Waals surface area contributed by atoms with Gasteiger partial charge in [0.1, 0.15) is 5.75 Å². The number of rotatable bonds is 3. The molecule has 3 rings (SSSR count). The number of carbonyl (C=O) groups excluding carboxylic acids is 1. The summed E-state index contributed by atoms with van der Waals surface area (Å²) in [5, 5.41) is 3.36. The maximum atomic E-state index is 12.2. The summed E-state index contributed by atoms with van der Waals surface area (Å²) in [6.45, 7) is 2.95. The van der Waals surface area contributed by atoms with E-state index in [4.69, 9.17) is 4.74 Å². The second-order valence-electron chi connectivity index (χ2n) is 5.34. The van der Waals surface area contributed by atoms with Gasteiger partial charge >= 0.3 is 0 Å². The number of methoxy groups -OCH3 is 1. The summed E-state index contributed by atoms with van der Waals surface area (Å²) >= 11 is 0. The fourth-order valence-corrected chi connectivity index (χ4v) is 3.08. The normalized spacial score (nSPS) is 19.6. The molecule has 102 valence electrons. The zero-order chi connectivity index (χ0) is 13.2. The SMILES string of the molecule is COc1cccc2c1N(CC1CCNCC1)C(=O)C2. The van der Waals surface area contributed by atoms with E-state index >= 15 is 0 Å². The third-order valence-electron chi connectivity index (χ3n) is 4.11. The number of hydrogen-bond donors (Lipinski definition) is 1. The smallest absolute Gasteiger partial charge is 0.231 e. The number of benzene rings is 1. The molecule has 1 aromatic carbocycles. The molecule has 4 heteroatoms. The topological polar surface area (TPSA) is 41.6 Å². The second kappa shape index (κ2) is 5.21. The first-order valence-electron chi connectivity index (χ1n) is 6.96. The van der Waals surface area contributed by atoms with Gasteiger partial charge in [-0.3, -0.25) is 4.79 Å². The van der Waals surface area contributed by atoms with E-state index in [9.17, 15) is 4.79 Å². The molecule has 1 aromatic rings. The predicted octanol–water partition coefficient (Wildman–Crippen LogP) is 1.58. The van der Waals surface area contributed by atoms with Gasteiger partial charge in [0.2, 0.25) is 5.91 Å². The molecule has 2 aliphatic heterocycles. The average Bonchev–Trinajstić information content (AvgIpc) is 2.76. The predicted molar refractivity (Wildman–Crippen MR) is 74.6 cm³/mol. The first kappa shape index (κ1) is 12.5. The highest BCUT2D eigenvalue weighted by molar-refractivity contribution is 6.03. The molecule has 1 saturated heterocycles. The minimum atomic E-state index is 0.207. The van der Waals surface area contributed by atoms with Crippen molar-refractivity contribution in [2.24, 2.45) is 5.92 Å². The Hall–Kier alpha value is -1.55. The molecule has 0 saturated carbocycles. The number of carbonyl (C=O) groups is 1. The molecule has 0 bridgehead atoms. The average molecular weight is 260 g/mol. The van der Waals surface area contributed by atoms with Crippen molar-refractivity contribution in [2.75, 3.05) is 31.6 Å². The van der Waals surface area contributed by atoms with Crippen LogP contribution in [-0.4, -0.2) is 32.7 Å². The van der Waals surface area contributed by atoms with Crippen molar-refractivity contribution in [3.63, 3.8) is 0 Å². The maximum absolute atomic E-state index is 12.2. The molecule has 0 aliphatic carbocycles. The molecule has 4 nitrogen and oxygen atoms in total. The zero-order valence-electron chi connectivity index (χ0n) is 11.3. The molecule has 2 aliphatic rings. The van der Waals surface area contributed by atoms with Crippen LogP contribution >= 0.6 is 0 Å². The van der Waals surface area contributed by atoms with Gasteiger partial charge in [0.25, 0.3) is 0 Å². The summed E-state index contributed by atoms with van der Waals surface area (Å²) in [4.78, 5) is 14.2. The Kier molecular flexibility index (Phi) is 3.42. The van der Waals surface area contributed by atoms with Crippen LogP contribution in [0.1, 0.15) is 18.4 Å². The molecule has 1 amide bonds. The minimum absolute atomic E-state index is 0.207. The van der Waals surface area contributed by atoms with Gasteiger partial charge in [0, 0.05) is 6.54 Å². The Morgan fingerprint density at radius 2 is 2.16 bits per heavy atom. The lowest BCUT2D eigenvalue weighted by atomic mass is 9.97. The van der Waals surface area contributed by atoms with Crippen molar-refractivity contribution in [1.82, 2.24) is 5.32 Å². The summed E-state index contributed by atoms with van der Waals surface area (Å²) in [6, 6.07) is 5.92. The third kappa shape index (κ3) is 2.32. The van der Waals surface area contributed by atoms with E-state index in [1.165, 1.54) is 0 Å². The Balaban J connectivity index is 1.84. The van der Waals surface area contributed by atoms with E-state index in [0.717, 1.165) is 49.5 Å². The van der Waals surface area contributed by atoms with Gasteiger partial charge in [0.05, 0.1) is 19.2 Å². The Morgan fingerprint density at radius 3 is 2.89 bits per heavy atom. The van der Waals surface area contributed by atoms with Crippen molar-refractivity contribution in [1.29, 1.82) is 0 Å². The van der Waals surface area contributed by atoms with Crippen molar-refractivity contribution in [2.45, 2.75) is 19.3 Å². The third-order valence-corrected chi connectivity index (χ3v) is 4.11. The summed E-state index contributed by atoms with van der Waals surface area (Å²) in [5.41, 5.74) is 2.09. The molecular formula is C15H20N2O2. The van der Waals surface area contributed by atoms with Gasteiger partial charge in [-0.05, 0) is 43.5 Å². The number of fused-ring (bicyclic) bond motifs is 1. The number of nitrogens with zero attached hydrogens (tertiary/aromatic N) is 1. The van der Waals surface area contributed by atoms with Crippen molar-refractivity contribution in [3.8, 4) is 5.75 Å². The number of anilines is 1. The maximum Gasteiger partial charge on any atom is 0.231 e. The molecule has 1 N–H and O–H groups in total. The molecule has 0 unspecified atom stereocenters. The largest absolute Gasteiger partial charge is 0.495 e. The fourth-order valence-electron chi connectivity index (χ4n) is 3.08. The van der Waals surface area contributed by atoms with Gasteiger partial charge in [-0.15, -0.1) is 0 Å². The standard InChI is InChI=1S/C15H20N2O2/c1-19-13-4-2-3-12-9-14(18)17(15(12)13)10-11-5-7-16-8-6-11/h2-4,11,16H,5-10H2,1H3. The van der Waals surface area contributed by atoms with Crippen LogP contribution in [0.4, 0.5) is 5.69 Å². The summed E-state index contributed by atoms with van der Waals surface area (Å²) in [7, 11) is 1.67. The second-order valence-corrected chi connectivity index (χ2v) is 5.34. The van der Waals surface area contributed by atoms with Crippen LogP contribution in [0.5, 0.6) is 5.75 Å².